The molecule has 0 aromatic heterocycles. The summed E-state index contributed by atoms with van der Waals surface area (Å²) in [5.41, 5.74) is -0.917. The third-order valence-electron chi connectivity index (χ3n) is 2.27. The zero-order valence-corrected chi connectivity index (χ0v) is 9.48. The molecule has 0 saturated carbocycles. The van der Waals surface area contributed by atoms with Crippen molar-refractivity contribution < 1.29 is 22.7 Å². The van der Waals surface area contributed by atoms with Gasteiger partial charge in [-0.1, -0.05) is 0 Å². The van der Waals surface area contributed by atoms with E-state index < -0.39 is 11.7 Å². The third kappa shape index (κ3) is 1.81. The van der Waals surface area contributed by atoms with Crippen LogP contribution in [-0.2, 0) is 6.18 Å². The quantitative estimate of drug-likeness (QED) is 0.733. The maximum atomic E-state index is 12.6. The van der Waals surface area contributed by atoms with E-state index >= 15 is 0 Å². The van der Waals surface area contributed by atoms with E-state index in [2.05, 4.69) is 15.9 Å². The van der Waals surface area contributed by atoms with Crippen LogP contribution in [0.4, 0.5) is 13.2 Å². The molecule has 0 radical (unpaired) electrons. The van der Waals surface area contributed by atoms with Gasteiger partial charge < -0.3 is 4.74 Å². The molecule has 0 aliphatic carbocycles. The third-order valence-corrected chi connectivity index (χ3v) is 2.93. The summed E-state index contributed by atoms with van der Waals surface area (Å²) >= 11 is 3.06. The summed E-state index contributed by atoms with van der Waals surface area (Å²) in [5, 5.41) is 0. The zero-order valence-electron chi connectivity index (χ0n) is 7.90. The van der Waals surface area contributed by atoms with Gasteiger partial charge in [0.25, 0.3) is 0 Å². The average Bonchev–Trinajstić information content (AvgIpc) is 2.16. The van der Waals surface area contributed by atoms with Crippen LogP contribution in [0.1, 0.15) is 22.3 Å². The lowest BCUT2D eigenvalue weighted by atomic mass is 10.0. The van der Waals surface area contributed by atoms with E-state index in [1.54, 1.807) is 0 Å². The molecule has 2 nitrogen and oxygen atoms in total. The van der Waals surface area contributed by atoms with E-state index in [4.69, 9.17) is 4.74 Å². The minimum absolute atomic E-state index is 0.00856. The molecule has 1 heterocycles. The van der Waals surface area contributed by atoms with Gasteiger partial charge in [-0.05, 0) is 28.1 Å². The molecule has 0 bridgehead atoms. The predicted molar refractivity (Wildman–Crippen MR) is 53.6 cm³/mol. The van der Waals surface area contributed by atoms with E-state index in [0.29, 0.717) is 4.47 Å². The van der Waals surface area contributed by atoms with Crippen molar-refractivity contribution >= 4 is 21.7 Å². The molecule has 1 aliphatic rings. The van der Waals surface area contributed by atoms with Gasteiger partial charge in [-0.3, -0.25) is 4.79 Å². The molecule has 0 N–H and O–H groups in total. The molecular formula is C10H6BrF3O2. The first-order valence-corrected chi connectivity index (χ1v) is 5.26. The first-order valence-electron chi connectivity index (χ1n) is 4.47. The largest absolute Gasteiger partial charge is 0.492 e. The normalized spacial score (nSPS) is 15.6. The summed E-state index contributed by atoms with van der Waals surface area (Å²) in [6.07, 6.45) is -4.41. The van der Waals surface area contributed by atoms with Gasteiger partial charge in [0.15, 0.2) is 5.78 Å². The second-order valence-electron chi connectivity index (χ2n) is 3.32. The van der Waals surface area contributed by atoms with Gasteiger partial charge in [0.1, 0.15) is 5.75 Å². The number of hydrogen-bond acceptors (Lipinski definition) is 2. The summed E-state index contributed by atoms with van der Waals surface area (Å²) < 4.78 is 43.2. The van der Waals surface area contributed by atoms with E-state index in [0.717, 1.165) is 6.07 Å². The van der Waals surface area contributed by atoms with E-state index in [9.17, 15) is 18.0 Å². The molecule has 0 fully saturated rings. The van der Waals surface area contributed by atoms with Crippen molar-refractivity contribution in [3.8, 4) is 5.75 Å². The minimum Gasteiger partial charge on any atom is -0.492 e. The smallest absolute Gasteiger partial charge is 0.419 e. The lowest BCUT2D eigenvalue weighted by Crippen LogP contribution is -2.20. The number of alkyl halides is 3. The Hall–Kier alpha value is -1.04. The van der Waals surface area contributed by atoms with Crippen molar-refractivity contribution in [3.05, 3.63) is 27.7 Å². The average molecular weight is 295 g/mol. The number of fused-ring (bicyclic) bond motifs is 1. The van der Waals surface area contributed by atoms with Gasteiger partial charge in [0.05, 0.1) is 17.7 Å². The first-order chi connectivity index (χ1) is 7.41. The molecule has 0 amide bonds. The number of halogens is 4. The Balaban J connectivity index is 2.67. The van der Waals surface area contributed by atoms with Gasteiger partial charge in [-0.25, -0.2) is 0 Å². The molecular weight excluding hydrogens is 289 g/mol. The van der Waals surface area contributed by atoms with Crippen molar-refractivity contribution in [2.75, 3.05) is 6.61 Å². The SMILES string of the molecule is O=C1CCOc2c(C(F)(F)F)ccc(Br)c21. The fraction of sp³-hybridized carbons (Fsp3) is 0.300. The molecule has 0 unspecified atom stereocenters. The molecule has 1 aromatic rings. The van der Waals surface area contributed by atoms with Crippen LogP contribution < -0.4 is 4.74 Å². The Morgan fingerprint density at radius 3 is 2.62 bits per heavy atom. The molecule has 0 atom stereocenters. The number of hydrogen-bond donors (Lipinski definition) is 0. The number of Topliss-reactive ketones (excluding diaryl/α,β-unsaturated/α-hetero) is 1. The van der Waals surface area contributed by atoms with Gasteiger partial charge in [-0.2, -0.15) is 13.2 Å². The molecule has 1 aromatic carbocycles. The lowest BCUT2D eigenvalue weighted by molar-refractivity contribution is -0.139. The number of ketones is 1. The molecule has 1 aliphatic heterocycles. The standard InChI is InChI=1S/C10H6BrF3O2/c11-6-2-1-5(10(12,13)14)9-8(6)7(15)3-4-16-9/h1-2H,3-4H2. The second-order valence-corrected chi connectivity index (χ2v) is 4.17. The zero-order chi connectivity index (χ0) is 11.9. The molecule has 16 heavy (non-hydrogen) atoms. The number of carbonyl (C=O) groups excluding carboxylic acids is 1. The Morgan fingerprint density at radius 2 is 2.00 bits per heavy atom. The fourth-order valence-electron chi connectivity index (χ4n) is 1.56. The fourth-order valence-corrected chi connectivity index (χ4v) is 2.10. The number of carbonyl (C=O) groups is 1. The van der Waals surface area contributed by atoms with Crippen LogP contribution in [-0.4, -0.2) is 12.4 Å². The van der Waals surface area contributed by atoms with Gasteiger partial charge in [0.2, 0.25) is 0 Å². The van der Waals surface area contributed by atoms with Crippen molar-refractivity contribution in [1.29, 1.82) is 0 Å². The van der Waals surface area contributed by atoms with E-state index in [1.807, 2.05) is 0 Å². The maximum Gasteiger partial charge on any atom is 0.419 e. The summed E-state index contributed by atoms with van der Waals surface area (Å²) in [6.45, 7) is -0.00856. The minimum atomic E-state index is -4.51. The predicted octanol–water partition coefficient (Wildman–Crippen LogP) is 3.43. The number of ether oxygens (including phenoxy) is 1. The highest BCUT2D eigenvalue weighted by molar-refractivity contribution is 9.10. The van der Waals surface area contributed by atoms with Crippen molar-refractivity contribution in [1.82, 2.24) is 0 Å². The van der Waals surface area contributed by atoms with Crippen LogP contribution in [0.3, 0.4) is 0 Å². The number of benzene rings is 1. The monoisotopic (exact) mass is 294 g/mol. The van der Waals surface area contributed by atoms with Crippen LogP contribution in [0.25, 0.3) is 0 Å². The van der Waals surface area contributed by atoms with Crippen LogP contribution in [0.2, 0.25) is 0 Å². The number of rotatable bonds is 0. The molecule has 86 valence electrons. The van der Waals surface area contributed by atoms with E-state index in [1.165, 1.54) is 6.07 Å². The molecule has 6 heteroatoms. The van der Waals surface area contributed by atoms with Crippen molar-refractivity contribution in [2.24, 2.45) is 0 Å². The van der Waals surface area contributed by atoms with E-state index in [-0.39, 0.29) is 30.1 Å². The summed E-state index contributed by atoms with van der Waals surface area (Å²) in [7, 11) is 0. The highest BCUT2D eigenvalue weighted by Gasteiger charge is 2.38. The van der Waals surface area contributed by atoms with Gasteiger partial charge >= 0.3 is 6.18 Å². The Labute approximate surface area is 97.5 Å². The first kappa shape index (κ1) is 11.4. The molecule has 0 spiro atoms. The van der Waals surface area contributed by atoms with Crippen molar-refractivity contribution in [3.63, 3.8) is 0 Å². The van der Waals surface area contributed by atoms with Crippen molar-refractivity contribution in [2.45, 2.75) is 12.6 Å². The van der Waals surface area contributed by atoms with Crippen LogP contribution in [0.15, 0.2) is 16.6 Å². The summed E-state index contributed by atoms with van der Waals surface area (Å²) in [4.78, 5) is 11.5. The maximum absolute atomic E-state index is 12.6. The topological polar surface area (TPSA) is 26.3 Å². The second kappa shape index (κ2) is 3.76. The Morgan fingerprint density at radius 1 is 1.31 bits per heavy atom. The molecule has 0 saturated heterocycles. The van der Waals surface area contributed by atoms with Crippen LogP contribution >= 0.6 is 15.9 Å². The Bertz CT molecular complexity index is 454. The summed E-state index contributed by atoms with van der Waals surface area (Å²) in [6, 6.07) is 2.12. The molecule has 2 rings (SSSR count). The highest BCUT2D eigenvalue weighted by atomic mass is 79.9. The van der Waals surface area contributed by atoms with Gasteiger partial charge in [-0.15, -0.1) is 0 Å². The highest BCUT2D eigenvalue weighted by Crippen LogP contribution is 2.42. The summed E-state index contributed by atoms with van der Waals surface area (Å²) in [5.74, 6) is -0.697. The van der Waals surface area contributed by atoms with Gasteiger partial charge in [0, 0.05) is 10.9 Å². The Kier molecular flexibility index (Phi) is 2.69. The lowest BCUT2D eigenvalue weighted by Gasteiger charge is -2.21. The van der Waals surface area contributed by atoms with Crippen LogP contribution in [0, 0.1) is 0 Å². The van der Waals surface area contributed by atoms with Crippen LogP contribution in [0.5, 0.6) is 5.75 Å².